The summed E-state index contributed by atoms with van der Waals surface area (Å²) in [7, 11) is 0. The van der Waals surface area contributed by atoms with Crippen LogP contribution in [0.25, 0.3) is 0 Å². The summed E-state index contributed by atoms with van der Waals surface area (Å²) in [5, 5.41) is 0. The van der Waals surface area contributed by atoms with Crippen molar-refractivity contribution in [1.29, 1.82) is 0 Å². The highest BCUT2D eigenvalue weighted by atomic mass is 19.1. The van der Waals surface area contributed by atoms with E-state index in [4.69, 9.17) is 9.73 Å². The van der Waals surface area contributed by atoms with Crippen molar-refractivity contribution >= 4 is 11.7 Å². The highest BCUT2D eigenvalue weighted by molar-refractivity contribution is 6.13. The Hall–Kier alpha value is -2.49. The van der Waals surface area contributed by atoms with Crippen LogP contribution in [0.4, 0.5) is 4.39 Å². The number of aliphatic imine (C=N–C) groups is 1. The average Bonchev–Trinajstić information content (AvgIpc) is 3.36. The maximum absolute atomic E-state index is 14.5. The maximum atomic E-state index is 14.5. The Bertz CT molecular complexity index is 764. The van der Waals surface area contributed by atoms with Gasteiger partial charge in [0.15, 0.2) is 6.04 Å². The molecule has 1 saturated carbocycles. The van der Waals surface area contributed by atoms with Crippen molar-refractivity contribution in [2.45, 2.75) is 57.3 Å². The van der Waals surface area contributed by atoms with Crippen LogP contribution in [-0.4, -0.2) is 29.0 Å². The summed E-state index contributed by atoms with van der Waals surface area (Å²) < 4.78 is 20.1. The second-order valence-electron chi connectivity index (χ2n) is 8.11. The van der Waals surface area contributed by atoms with Gasteiger partial charge in [-0.3, -0.25) is 4.99 Å². The largest absolute Gasteiger partial charge is 0.458 e. The number of hydrogen-bond acceptors (Lipinski definition) is 3. The first-order valence-electron chi connectivity index (χ1n) is 9.36. The molecule has 0 radical (unpaired) electrons. The van der Waals surface area contributed by atoms with Crippen LogP contribution >= 0.6 is 0 Å². The molecule has 0 aliphatic heterocycles. The van der Waals surface area contributed by atoms with E-state index < -0.39 is 23.3 Å². The van der Waals surface area contributed by atoms with Crippen LogP contribution < -0.4 is 0 Å². The number of rotatable bonds is 6. The third-order valence-corrected chi connectivity index (χ3v) is 4.41. The van der Waals surface area contributed by atoms with Crippen molar-refractivity contribution in [3.63, 3.8) is 0 Å². The number of esters is 1. The summed E-state index contributed by atoms with van der Waals surface area (Å²) in [5.41, 5.74) is 0.513. The molecule has 0 heterocycles. The van der Waals surface area contributed by atoms with E-state index in [0.717, 1.165) is 11.1 Å². The normalized spacial score (nSPS) is 16.3. The molecule has 3 rings (SSSR count). The van der Waals surface area contributed by atoms with Gasteiger partial charge in [0.2, 0.25) is 0 Å². The number of carbonyl (C=O) groups is 1. The van der Waals surface area contributed by atoms with E-state index in [0.29, 0.717) is 18.6 Å². The fourth-order valence-electron chi connectivity index (χ4n) is 2.90. The molecule has 4 heteroatoms. The molecule has 27 heavy (non-hydrogen) atoms. The quantitative estimate of drug-likeness (QED) is 0.525. The first kappa shape index (κ1) is 19.3. The van der Waals surface area contributed by atoms with Crippen molar-refractivity contribution in [2.24, 2.45) is 4.99 Å². The van der Waals surface area contributed by atoms with Crippen LogP contribution in [0.15, 0.2) is 65.7 Å². The van der Waals surface area contributed by atoms with Crippen molar-refractivity contribution in [1.82, 2.24) is 0 Å². The lowest BCUT2D eigenvalue weighted by Gasteiger charge is -2.23. The number of benzene rings is 2. The zero-order valence-electron chi connectivity index (χ0n) is 16.1. The number of halogens is 1. The molecule has 142 valence electrons. The lowest BCUT2D eigenvalue weighted by atomic mass is 10.0. The molecule has 1 unspecified atom stereocenters. The zero-order chi connectivity index (χ0) is 19.5. The molecule has 3 nitrogen and oxygen atoms in total. The lowest BCUT2D eigenvalue weighted by Crippen LogP contribution is -2.33. The van der Waals surface area contributed by atoms with Gasteiger partial charge in [-0.2, -0.15) is 0 Å². The summed E-state index contributed by atoms with van der Waals surface area (Å²) in [5.74, 6) is -0.476. The first-order chi connectivity index (χ1) is 12.8. The Labute approximate surface area is 160 Å². The zero-order valence-corrected chi connectivity index (χ0v) is 16.1. The fraction of sp³-hybridized carbons (Fsp3) is 0.391. The topological polar surface area (TPSA) is 38.7 Å². The predicted molar refractivity (Wildman–Crippen MR) is 106 cm³/mol. The second-order valence-corrected chi connectivity index (χ2v) is 8.11. The molecule has 0 spiro atoms. The Balaban J connectivity index is 2.01. The van der Waals surface area contributed by atoms with Crippen LogP contribution in [0.1, 0.15) is 51.2 Å². The summed E-state index contributed by atoms with van der Waals surface area (Å²) in [6.45, 7) is 5.43. The Morgan fingerprint density at radius 3 is 1.93 bits per heavy atom. The van der Waals surface area contributed by atoms with Crippen molar-refractivity contribution in [3.8, 4) is 0 Å². The molecule has 1 aliphatic carbocycles. The van der Waals surface area contributed by atoms with E-state index >= 15 is 0 Å². The third kappa shape index (κ3) is 5.49. The Morgan fingerprint density at radius 1 is 1.04 bits per heavy atom. The van der Waals surface area contributed by atoms with Gasteiger partial charge in [0.25, 0.3) is 0 Å². The Morgan fingerprint density at radius 2 is 1.52 bits per heavy atom. The number of ether oxygens (including phenoxy) is 1. The van der Waals surface area contributed by atoms with Crippen LogP contribution in [0, 0.1) is 0 Å². The van der Waals surface area contributed by atoms with Gasteiger partial charge in [-0.15, -0.1) is 0 Å². The summed E-state index contributed by atoms with van der Waals surface area (Å²) in [6.07, 6.45) is 1.02. The van der Waals surface area contributed by atoms with Gasteiger partial charge < -0.3 is 4.74 Å². The molecule has 1 fully saturated rings. The number of hydrogen-bond donors (Lipinski definition) is 0. The first-order valence-corrected chi connectivity index (χ1v) is 9.36. The standard InChI is InChI=1S/C23H26FNO2/c1-22(2,3)27-21(26)19(16-23(24)14-15-23)25-20(17-10-6-4-7-11-17)18-12-8-5-9-13-18/h4-13,19H,14-16H2,1-3H3. The van der Waals surface area contributed by atoms with E-state index in [1.807, 2.05) is 81.4 Å². The fourth-order valence-corrected chi connectivity index (χ4v) is 2.90. The molecule has 0 N–H and O–H groups in total. The van der Waals surface area contributed by atoms with E-state index in [-0.39, 0.29) is 6.42 Å². The van der Waals surface area contributed by atoms with Gasteiger partial charge >= 0.3 is 5.97 Å². The van der Waals surface area contributed by atoms with Gasteiger partial charge in [0.1, 0.15) is 11.3 Å². The van der Waals surface area contributed by atoms with Gasteiger partial charge in [0, 0.05) is 17.5 Å². The van der Waals surface area contributed by atoms with Crippen molar-refractivity contribution in [3.05, 3.63) is 71.8 Å². The molecule has 0 amide bonds. The molecular formula is C23H26FNO2. The van der Waals surface area contributed by atoms with Gasteiger partial charge in [0.05, 0.1) is 5.71 Å². The minimum atomic E-state index is -1.30. The number of nitrogens with zero attached hydrogens (tertiary/aromatic N) is 1. The van der Waals surface area contributed by atoms with E-state index in [9.17, 15) is 9.18 Å². The highest BCUT2D eigenvalue weighted by Gasteiger charge is 2.47. The maximum Gasteiger partial charge on any atom is 0.331 e. The molecule has 1 aliphatic rings. The van der Waals surface area contributed by atoms with E-state index in [1.165, 1.54) is 0 Å². The molecular weight excluding hydrogens is 341 g/mol. The SMILES string of the molecule is CC(C)(C)OC(=O)C(CC1(F)CC1)N=C(c1ccccc1)c1ccccc1. The van der Waals surface area contributed by atoms with E-state index in [1.54, 1.807) is 0 Å². The van der Waals surface area contributed by atoms with Crippen LogP contribution in [-0.2, 0) is 9.53 Å². The third-order valence-electron chi connectivity index (χ3n) is 4.41. The summed E-state index contributed by atoms with van der Waals surface area (Å²) >= 11 is 0. The van der Waals surface area contributed by atoms with Crippen LogP contribution in [0.5, 0.6) is 0 Å². The average molecular weight is 367 g/mol. The smallest absolute Gasteiger partial charge is 0.331 e. The molecule has 2 aromatic carbocycles. The number of alkyl halides is 1. The Kier molecular flexibility index (Phi) is 5.45. The molecule has 0 bridgehead atoms. The molecule has 0 aromatic heterocycles. The van der Waals surface area contributed by atoms with Crippen LogP contribution in [0.2, 0.25) is 0 Å². The van der Waals surface area contributed by atoms with Crippen molar-refractivity contribution < 1.29 is 13.9 Å². The lowest BCUT2D eigenvalue weighted by molar-refractivity contribution is -0.157. The molecule has 0 saturated heterocycles. The predicted octanol–water partition coefficient (Wildman–Crippen LogP) is 5.13. The molecule has 2 aromatic rings. The summed E-state index contributed by atoms with van der Waals surface area (Å²) in [4.78, 5) is 17.5. The van der Waals surface area contributed by atoms with Gasteiger partial charge in [-0.05, 0) is 33.6 Å². The van der Waals surface area contributed by atoms with Gasteiger partial charge in [-0.1, -0.05) is 60.7 Å². The van der Waals surface area contributed by atoms with Crippen LogP contribution in [0.3, 0.4) is 0 Å². The van der Waals surface area contributed by atoms with E-state index in [2.05, 4.69) is 0 Å². The highest BCUT2D eigenvalue weighted by Crippen LogP contribution is 2.44. The number of carbonyl (C=O) groups excluding carboxylic acids is 1. The minimum Gasteiger partial charge on any atom is -0.458 e. The van der Waals surface area contributed by atoms with Crippen molar-refractivity contribution in [2.75, 3.05) is 0 Å². The monoisotopic (exact) mass is 367 g/mol. The minimum absolute atomic E-state index is 0.0606. The molecule has 1 atom stereocenters. The van der Waals surface area contributed by atoms with Gasteiger partial charge in [-0.25, -0.2) is 9.18 Å². The summed E-state index contributed by atoms with van der Waals surface area (Å²) in [6, 6.07) is 18.5. The second kappa shape index (κ2) is 7.63.